The summed E-state index contributed by atoms with van der Waals surface area (Å²) in [6.07, 6.45) is 5.47. The summed E-state index contributed by atoms with van der Waals surface area (Å²) >= 11 is 0. The molecular weight excluding hydrogens is 250 g/mol. The highest BCUT2D eigenvalue weighted by molar-refractivity contribution is 4.95. The van der Waals surface area contributed by atoms with Gasteiger partial charge in [0.25, 0.3) is 0 Å². The molecule has 2 aliphatic heterocycles. The van der Waals surface area contributed by atoms with Crippen LogP contribution in [0.1, 0.15) is 39.5 Å². The predicted molar refractivity (Wildman–Crippen MR) is 82.1 cm³/mol. The SMILES string of the molecule is CC1CN(C2CCC(C)(N3CCOCC3)CC2)CCN1. The fourth-order valence-corrected chi connectivity index (χ4v) is 4.30. The average Bonchev–Trinajstić information content (AvgIpc) is 2.49. The van der Waals surface area contributed by atoms with Gasteiger partial charge in [-0.3, -0.25) is 9.80 Å². The van der Waals surface area contributed by atoms with Gasteiger partial charge in [0.15, 0.2) is 0 Å². The predicted octanol–water partition coefficient (Wildman–Crippen LogP) is 1.31. The molecule has 3 aliphatic rings. The molecule has 2 saturated heterocycles. The molecule has 0 aromatic carbocycles. The second-order valence-corrected chi connectivity index (χ2v) is 7.18. The van der Waals surface area contributed by atoms with E-state index in [1.165, 1.54) is 45.3 Å². The maximum atomic E-state index is 5.51. The highest BCUT2D eigenvalue weighted by atomic mass is 16.5. The number of nitrogens with one attached hydrogen (secondary N) is 1. The van der Waals surface area contributed by atoms with E-state index in [2.05, 4.69) is 29.0 Å². The van der Waals surface area contributed by atoms with Crippen molar-refractivity contribution in [2.45, 2.75) is 57.2 Å². The third-order valence-corrected chi connectivity index (χ3v) is 5.72. The van der Waals surface area contributed by atoms with Crippen LogP contribution in [0.15, 0.2) is 0 Å². The third kappa shape index (κ3) is 3.19. The maximum Gasteiger partial charge on any atom is 0.0594 e. The first-order valence-corrected chi connectivity index (χ1v) is 8.48. The average molecular weight is 281 g/mol. The summed E-state index contributed by atoms with van der Waals surface area (Å²) in [6, 6.07) is 1.49. The molecule has 1 atom stereocenters. The Labute approximate surface area is 123 Å². The second-order valence-electron chi connectivity index (χ2n) is 7.18. The van der Waals surface area contributed by atoms with E-state index in [0.717, 1.165) is 32.3 Å². The minimum atomic E-state index is 0.430. The standard InChI is InChI=1S/C16H31N3O/c1-14-13-18(8-7-17-14)15-3-5-16(2,6-4-15)19-9-11-20-12-10-19/h14-15,17H,3-13H2,1-2H3. The van der Waals surface area contributed by atoms with Crippen molar-refractivity contribution in [3.8, 4) is 0 Å². The molecule has 3 fully saturated rings. The number of hydrogen-bond acceptors (Lipinski definition) is 4. The largest absolute Gasteiger partial charge is 0.379 e. The Hall–Kier alpha value is -0.160. The quantitative estimate of drug-likeness (QED) is 0.826. The molecule has 0 spiro atoms. The van der Waals surface area contributed by atoms with Gasteiger partial charge in [-0.25, -0.2) is 0 Å². The van der Waals surface area contributed by atoms with Gasteiger partial charge in [-0.2, -0.15) is 0 Å². The fourth-order valence-electron chi connectivity index (χ4n) is 4.30. The molecule has 0 radical (unpaired) electrons. The number of piperazine rings is 1. The van der Waals surface area contributed by atoms with Crippen LogP contribution < -0.4 is 5.32 Å². The van der Waals surface area contributed by atoms with Gasteiger partial charge < -0.3 is 10.1 Å². The van der Waals surface area contributed by atoms with E-state index in [1.807, 2.05) is 0 Å². The van der Waals surface area contributed by atoms with Crippen LogP contribution in [0, 0.1) is 0 Å². The van der Waals surface area contributed by atoms with Crippen LogP contribution in [0.5, 0.6) is 0 Å². The van der Waals surface area contributed by atoms with Gasteiger partial charge in [-0.05, 0) is 39.5 Å². The van der Waals surface area contributed by atoms with Crippen molar-refractivity contribution < 1.29 is 4.74 Å². The van der Waals surface area contributed by atoms with E-state index in [1.54, 1.807) is 0 Å². The van der Waals surface area contributed by atoms with Crippen LogP contribution in [0.2, 0.25) is 0 Å². The van der Waals surface area contributed by atoms with Crippen molar-refractivity contribution >= 4 is 0 Å². The molecule has 1 saturated carbocycles. The molecule has 20 heavy (non-hydrogen) atoms. The van der Waals surface area contributed by atoms with E-state index in [4.69, 9.17) is 4.74 Å². The van der Waals surface area contributed by atoms with Crippen LogP contribution in [0.3, 0.4) is 0 Å². The lowest BCUT2D eigenvalue weighted by atomic mass is 9.78. The van der Waals surface area contributed by atoms with E-state index < -0.39 is 0 Å². The van der Waals surface area contributed by atoms with Crippen LogP contribution in [-0.2, 0) is 4.74 Å². The summed E-state index contributed by atoms with van der Waals surface area (Å²) in [7, 11) is 0. The maximum absolute atomic E-state index is 5.51. The summed E-state index contributed by atoms with van der Waals surface area (Å²) < 4.78 is 5.51. The van der Waals surface area contributed by atoms with Crippen molar-refractivity contribution in [3.63, 3.8) is 0 Å². The number of rotatable bonds is 2. The van der Waals surface area contributed by atoms with Gasteiger partial charge in [0.05, 0.1) is 13.2 Å². The van der Waals surface area contributed by atoms with Crippen LogP contribution >= 0.6 is 0 Å². The molecule has 0 aromatic rings. The Bertz CT molecular complexity index is 309. The summed E-state index contributed by atoms with van der Waals surface area (Å²) in [5, 5.41) is 3.56. The van der Waals surface area contributed by atoms with Gasteiger partial charge in [-0.1, -0.05) is 0 Å². The molecule has 1 N–H and O–H groups in total. The summed E-state index contributed by atoms with van der Waals surface area (Å²) in [6.45, 7) is 12.5. The molecular formula is C16H31N3O. The number of morpholine rings is 1. The fraction of sp³-hybridized carbons (Fsp3) is 1.00. The van der Waals surface area contributed by atoms with E-state index in [9.17, 15) is 0 Å². The highest BCUT2D eigenvalue weighted by Crippen LogP contribution is 2.35. The number of hydrogen-bond donors (Lipinski definition) is 1. The summed E-state index contributed by atoms with van der Waals surface area (Å²) in [5.74, 6) is 0. The Kier molecular flexibility index (Phi) is 4.65. The van der Waals surface area contributed by atoms with Gasteiger partial charge in [-0.15, -0.1) is 0 Å². The Morgan fingerprint density at radius 2 is 1.80 bits per heavy atom. The normalized spacial score (nSPS) is 41.7. The zero-order valence-corrected chi connectivity index (χ0v) is 13.2. The smallest absolute Gasteiger partial charge is 0.0594 e. The minimum Gasteiger partial charge on any atom is -0.379 e. The lowest BCUT2D eigenvalue weighted by molar-refractivity contribution is -0.0404. The Morgan fingerprint density at radius 3 is 2.45 bits per heavy atom. The first-order valence-electron chi connectivity index (χ1n) is 8.48. The monoisotopic (exact) mass is 281 g/mol. The summed E-state index contributed by atoms with van der Waals surface area (Å²) in [5.41, 5.74) is 0.430. The van der Waals surface area contributed by atoms with Crippen LogP contribution in [0.4, 0.5) is 0 Å². The van der Waals surface area contributed by atoms with E-state index in [-0.39, 0.29) is 0 Å². The topological polar surface area (TPSA) is 27.7 Å². The number of ether oxygens (including phenoxy) is 1. The van der Waals surface area contributed by atoms with Gasteiger partial charge in [0.1, 0.15) is 0 Å². The van der Waals surface area contributed by atoms with Crippen molar-refractivity contribution in [2.75, 3.05) is 45.9 Å². The number of nitrogens with zero attached hydrogens (tertiary/aromatic N) is 2. The summed E-state index contributed by atoms with van der Waals surface area (Å²) in [4.78, 5) is 5.42. The van der Waals surface area contributed by atoms with Gasteiger partial charge >= 0.3 is 0 Å². The molecule has 116 valence electrons. The van der Waals surface area contributed by atoms with Gasteiger partial charge in [0, 0.05) is 50.3 Å². The molecule has 3 rings (SSSR count). The molecule has 0 amide bonds. The lowest BCUT2D eigenvalue weighted by Gasteiger charge is -2.49. The molecule has 4 heteroatoms. The Morgan fingerprint density at radius 1 is 1.10 bits per heavy atom. The molecule has 1 unspecified atom stereocenters. The van der Waals surface area contributed by atoms with Gasteiger partial charge in [0.2, 0.25) is 0 Å². The van der Waals surface area contributed by atoms with E-state index >= 15 is 0 Å². The van der Waals surface area contributed by atoms with Crippen molar-refractivity contribution in [1.82, 2.24) is 15.1 Å². The van der Waals surface area contributed by atoms with Crippen molar-refractivity contribution in [1.29, 1.82) is 0 Å². The van der Waals surface area contributed by atoms with E-state index in [0.29, 0.717) is 11.6 Å². The third-order valence-electron chi connectivity index (χ3n) is 5.72. The Balaban J connectivity index is 1.53. The molecule has 0 bridgehead atoms. The van der Waals surface area contributed by atoms with Crippen LogP contribution in [-0.4, -0.2) is 73.4 Å². The molecule has 2 heterocycles. The van der Waals surface area contributed by atoms with Crippen molar-refractivity contribution in [2.24, 2.45) is 0 Å². The highest BCUT2D eigenvalue weighted by Gasteiger charge is 2.38. The van der Waals surface area contributed by atoms with Crippen molar-refractivity contribution in [3.05, 3.63) is 0 Å². The molecule has 1 aliphatic carbocycles. The first-order chi connectivity index (χ1) is 9.67. The zero-order chi connectivity index (χ0) is 14.0. The second kappa shape index (κ2) is 6.30. The minimum absolute atomic E-state index is 0.430. The lowest BCUT2D eigenvalue weighted by Crippen LogP contribution is -2.57. The first kappa shape index (κ1) is 14.8. The zero-order valence-electron chi connectivity index (χ0n) is 13.2. The van der Waals surface area contributed by atoms with Crippen LogP contribution in [0.25, 0.3) is 0 Å². The molecule has 0 aromatic heterocycles. The molecule has 4 nitrogen and oxygen atoms in total.